The minimum absolute atomic E-state index is 0.0625. The van der Waals surface area contributed by atoms with Crippen LogP contribution in [0.15, 0.2) is 60.0 Å². The lowest BCUT2D eigenvalue weighted by Gasteiger charge is -2.24. The fraction of sp³-hybridized carbons (Fsp3) is 0.217. The van der Waals surface area contributed by atoms with Crippen LogP contribution in [-0.4, -0.2) is 17.3 Å². The van der Waals surface area contributed by atoms with Crippen LogP contribution in [0.3, 0.4) is 0 Å². The Morgan fingerprint density at radius 2 is 2.00 bits per heavy atom. The average molecular weight is 402 g/mol. The first kappa shape index (κ1) is 19.4. The second kappa shape index (κ2) is 8.21. The van der Waals surface area contributed by atoms with E-state index in [0.717, 1.165) is 28.8 Å². The average Bonchev–Trinajstić information content (AvgIpc) is 3.19. The molecule has 3 aromatic rings. The van der Waals surface area contributed by atoms with Crippen LogP contribution in [0.25, 0.3) is 0 Å². The van der Waals surface area contributed by atoms with Gasteiger partial charge in [-0.3, -0.25) is 5.10 Å². The molecule has 1 aliphatic rings. The Morgan fingerprint density at radius 1 is 1.20 bits per heavy atom. The van der Waals surface area contributed by atoms with E-state index in [1.807, 2.05) is 55.5 Å². The smallest absolute Gasteiger partial charge is 0.244 e. The summed E-state index contributed by atoms with van der Waals surface area (Å²) in [6.45, 7) is 2.44. The van der Waals surface area contributed by atoms with Gasteiger partial charge in [-0.2, -0.15) is 5.26 Å². The number of aryl methyl sites for hydroxylation is 1. The van der Waals surface area contributed by atoms with Crippen LogP contribution in [0.2, 0.25) is 0 Å². The van der Waals surface area contributed by atoms with Crippen molar-refractivity contribution in [2.24, 2.45) is 5.73 Å². The van der Waals surface area contributed by atoms with Crippen LogP contribution in [0, 0.1) is 11.3 Å². The number of hydrogen-bond acceptors (Lipinski definition) is 6. The van der Waals surface area contributed by atoms with Crippen molar-refractivity contribution in [3.05, 3.63) is 82.4 Å². The Morgan fingerprint density at radius 3 is 2.70 bits per heavy atom. The number of nitrogens with two attached hydrogens (primary N) is 1. The van der Waals surface area contributed by atoms with Crippen LogP contribution in [0.5, 0.6) is 17.4 Å². The molecule has 1 atom stereocenters. The predicted octanol–water partition coefficient (Wildman–Crippen LogP) is 3.78. The number of H-pyrrole nitrogens is 1. The summed E-state index contributed by atoms with van der Waals surface area (Å²) in [7, 11) is 1.59. The first-order valence-electron chi connectivity index (χ1n) is 9.65. The fourth-order valence-corrected chi connectivity index (χ4v) is 3.63. The molecule has 0 spiro atoms. The van der Waals surface area contributed by atoms with Gasteiger partial charge in [-0.1, -0.05) is 43.3 Å². The number of nitrogens with one attached hydrogen (secondary N) is 1. The molecule has 4 rings (SSSR count). The van der Waals surface area contributed by atoms with Gasteiger partial charge in [0.05, 0.1) is 13.0 Å². The molecule has 1 aromatic heterocycles. The number of aromatic amines is 1. The summed E-state index contributed by atoms with van der Waals surface area (Å²) in [5.74, 6) is 1.26. The van der Waals surface area contributed by atoms with Crippen LogP contribution in [0.1, 0.15) is 35.2 Å². The number of benzene rings is 2. The second-order valence-corrected chi connectivity index (χ2v) is 6.88. The molecule has 0 saturated carbocycles. The zero-order chi connectivity index (χ0) is 21.1. The summed E-state index contributed by atoms with van der Waals surface area (Å²) in [5.41, 5.74) is 10.00. The van der Waals surface area contributed by atoms with E-state index in [2.05, 4.69) is 16.3 Å². The van der Waals surface area contributed by atoms with Gasteiger partial charge in [0.15, 0.2) is 11.5 Å². The van der Waals surface area contributed by atoms with Gasteiger partial charge in [0.25, 0.3) is 0 Å². The molecule has 0 aliphatic carbocycles. The maximum atomic E-state index is 9.76. The van der Waals surface area contributed by atoms with Gasteiger partial charge < -0.3 is 19.9 Å². The lowest BCUT2D eigenvalue weighted by molar-refractivity contribution is 0.284. The molecule has 0 bridgehead atoms. The Balaban J connectivity index is 1.71. The van der Waals surface area contributed by atoms with Gasteiger partial charge in [-0.15, -0.1) is 5.10 Å². The number of allylic oxidation sites excluding steroid dienone is 1. The standard InChI is InChI=1S/C23H22N4O3/c1-3-17-21-20(16(12-24)22(25)30-23(21)27-26-17)15-9-10-18(19(11-15)28-2)29-13-14-7-5-4-6-8-14/h4-11,20H,3,13,25H2,1-2H3,(H,26,27). The maximum absolute atomic E-state index is 9.76. The van der Waals surface area contributed by atoms with Crippen molar-refractivity contribution < 1.29 is 14.2 Å². The summed E-state index contributed by atoms with van der Waals surface area (Å²) >= 11 is 0. The molecule has 1 unspecified atom stereocenters. The van der Waals surface area contributed by atoms with Crippen LogP contribution in [0.4, 0.5) is 0 Å². The Kier molecular flexibility index (Phi) is 5.31. The number of rotatable bonds is 6. The van der Waals surface area contributed by atoms with E-state index in [0.29, 0.717) is 29.6 Å². The van der Waals surface area contributed by atoms with Crippen molar-refractivity contribution in [1.29, 1.82) is 5.26 Å². The van der Waals surface area contributed by atoms with E-state index in [1.54, 1.807) is 7.11 Å². The molecule has 0 radical (unpaired) electrons. The number of ether oxygens (including phenoxy) is 3. The van der Waals surface area contributed by atoms with Crippen molar-refractivity contribution in [3.63, 3.8) is 0 Å². The highest BCUT2D eigenvalue weighted by molar-refractivity contribution is 5.57. The van der Waals surface area contributed by atoms with Gasteiger partial charge in [0.1, 0.15) is 18.2 Å². The van der Waals surface area contributed by atoms with Crippen molar-refractivity contribution >= 4 is 0 Å². The molecule has 152 valence electrons. The lowest BCUT2D eigenvalue weighted by Crippen LogP contribution is -2.21. The van der Waals surface area contributed by atoms with Crippen LogP contribution < -0.4 is 19.9 Å². The normalized spacial score (nSPS) is 15.2. The molecule has 7 nitrogen and oxygen atoms in total. The summed E-state index contributed by atoms with van der Waals surface area (Å²) in [6, 6.07) is 17.7. The van der Waals surface area contributed by atoms with Gasteiger partial charge in [0, 0.05) is 11.3 Å². The first-order chi connectivity index (χ1) is 14.7. The highest BCUT2D eigenvalue weighted by Crippen LogP contribution is 2.44. The highest BCUT2D eigenvalue weighted by atomic mass is 16.5. The minimum Gasteiger partial charge on any atom is -0.493 e. The molecule has 1 aliphatic heterocycles. The molecule has 0 amide bonds. The monoisotopic (exact) mass is 402 g/mol. The summed E-state index contributed by atoms with van der Waals surface area (Å²) < 4.78 is 17.1. The van der Waals surface area contributed by atoms with Crippen molar-refractivity contribution in [3.8, 4) is 23.4 Å². The van der Waals surface area contributed by atoms with Gasteiger partial charge in [-0.05, 0) is 29.7 Å². The number of methoxy groups -OCH3 is 1. The number of fused-ring (bicyclic) bond motifs is 1. The Bertz CT molecular complexity index is 1130. The largest absolute Gasteiger partial charge is 0.493 e. The van der Waals surface area contributed by atoms with Gasteiger partial charge in [0.2, 0.25) is 11.8 Å². The van der Waals surface area contributed by atoms with Crippen LogP contribution >= 0.6 is 0 Å². The third-order valence-electron chi connectivity index (χ3n) is 5.13. The number of nitriles is 1. The van der Waals surface area contributed by atoms with E-state index < -0.39 is 5.92 Å². The summed E-state index contributed by atoms with van der Waals surface area (Å²) in [6.07, 6.45) is 0.718. The topological polar surface area (TPSA) is 106 Å². The number of hydrogen-bond donors (Lipinski definition) is 2. The minimum atomic E-state index is -0.399. The molecular formula is C23H22N4O3. The highest BCUT2D eigenvalue weighted by Gasteiger charge is 2.35. The van der Waals surface area contributed by atoms with E-state index in [9.17, 15) is 5.26 Å². The SMILES string of the molecule is CCc1[nH]nc2c1C(c1ccc(OCc3ccccc3)c(OC)c1)C(C#N)=C(N)O2. The second-order valence-electron chi connectivity index (χ2n) is 6.88. The Hall–Kier alpha value is -3.92. The first-order valence-corrected chi connectivity index (χ1v) is 9.65. The van der Waals surface area contributed by atoms with Crippen molar-refractivity contribution in [2.75, 3.05) is 7.11 Å². The molecule has 2 aromatic carbocycles. The van der Waals surface area contributed by atoms with Crippen molar-refractivity contribution in [2.45, 2.75) is 25.9 Å². The molecule has 3 N–H and O–H groups in total. The quantitative estimate of drug-likeness (QED) is 0.650. The number of nitrogens with zero attached hydrogens (tertiary/aromatic N) is 2. The maximum Gasteiger partial charge on any atom is 0.244 e. The lowest BCUT2D eigenvalue weighted by atomic mass is 9.83. The van der Waals surface area contributed by atoms with Crippen LogP contribution in [-0.2, 0) is 13.0 Å². The summed E-state index contributed by atoms with van der Waals surface area (Å²) in [5, 5.41) is 17.0. The van der Waals surface area contributed by atoms with E-state index in [4.69, 9.17) is 19.9 Å². The Labute approximate surface area is 174 Å². The van der Waals surface area contributed by atoms with Gasteiger partial charge in [-0.25, -0.2) is 0 Å². The third-order valence-corrected chi connectivity index (χ3v) is 5.13. The number of aromatic nitrogens is 2. The molecular weight excluding hydrogens is 380 g/mol. The van der Waals surface area contributed by atoms with E-state index in [-0.39, 0.29) is 5.88 Å². The third kappa shape index (κ3) is 3.44. The molecule has 0 saturated heterocycles. The van der Waals surface area contributed by atoms with Crippen molar-refractivity contribution in [1.82, 2.24) is 10.2 Å². The van der Waals surface area contributed by atoms with E-state index >= 15 is 0 Å². The molecule has 2 heterocycles. The molecule has 7 heteroatoms. The fourth-order valence-electron chi connectivity index (χ4n) is 3.63. The molecule has 30 heavy (non-hydrogen) atoms. The zero-order valence-corrected chi connectivity index (χ0v) is 16.8. The summed E-state index contributed by atoms with van der Waals surface area (Å²) in [4.78, 5) is 0. The predicted molar refractivity (Wildman–Crippen MR) is 111 cm³/mol. The zero-order valence-electron chi connectivity index (χ0n) is 16.8. The van der Waals surface area contributed by atoms with Gasteiger partial charge >= 0.3 is 0 Å². The van der Waals surface area contributed by atoms with E-state index in [1.165, 1.54) is 0 Å². The molecule has 0 fully saturated rings.